The molecule has 1 aliphatic carbocycles. The fraction of sp³-hybridized carbons (Fsp3) is 0.556. The molecule has 5 heteroatoms. The van der Waals surface area contributed by atoms with E-state index in [1.54, 1.807) is 11.3 Å². The zero-order valence-corrected chi connectivity index (χ0v) is 8.86. The Kier molecular flexibility index (Phi) is 2.28. The Labute approximate surface area is 86.5 Å². The molecule has 1 amide bonds. The van der Waals surface area contributed by atoms with Gasteiger partial charge in [-0.15, -0.1) is 11.3 Å². The molecule has 0 radical (unpaired) electrons. The molecule has 0 unspecified atom stereocenters. The number of hydrogen-bond acceptors (Lipinski definition) is 4. The molecule has 14 heavy (non-hydrogen) atoms. The number of hydrogen-bond donors (Lipinski definition) is 2. The van der Waals surface area contributed by atoms with Crippen LogP contribution in [0, 0.1) is 6.92 Å². The second-order valence-electron chi connectivity index (χ2n) is 3.70. The topological polar surface area (TPSA) is 68.0 Å². The van der Waals surface area contributed by atoms with Gasteiger partial charge in [0.2, 0.25) is 5.91 Å². The predicted molar refractivity (Wildman–Crippen MR) is 54.9 cm³/mol. The molecule has 0 atom stereocenters. The lowest BCUT2D eigenvalue weighted by molar-refractivity contribution is -0.123. The van der Waals surface area contributed by atoms with Gasteiger partial charge in [-0.25, -0.2) is 4.98 Å². The molecule has 4 nitrogen and oxygen atoms in total. The number of carbonyl (C=O) groups is 1. The third-order valence-corrected chi connectivity index (χ3v) is 3.16. The number of nitrogens with one attached hydrogen (secondary N) is 1. The van der Waals surface area contributed by atoms with Crippen LogP contribution in [0.1, 0.15) is 23.5 Å². The summed E-state index contributed by atoms with van der Waals surface area (Å²) in [6.07, 6.45) is 1.60. The number of nitrogens with zero attached hydrogens (tertiary/aromatic N) is 1. The van der Waals surface area contributed by atoms with Gasteiger partial charge in [0.15, 0.2) is 0 Å². The molecule has 1 saturated carbocycles. The molecule has 1 aromatic heterocycles. The molecule has 0 aromatic carbocycles. The van der Waals surface area contributed by atoms with E-state index in [1.807, 2.05) is 12.3 Å². The molecule has 76 valence electrons. The SMILES string of the molecule is Cc1nc(CNC(=O)C2(N)CC2)cs1. The maximum Gasteiger partial charge on any atom is 0.240 e. The second kappa shape index (κ2) is 3.33. The van der Waals surface area contributed by atoms with Crippen molar-refractivity contribution in [3.8, 4) is 0 Å². The van der Waals surface area contributed by atoms with E-state index in [0.29, 0.717) is 6.54 Å². The van der Waals surface area contributed by atoms with Gasteiger partial charge >= 0.3 is 0 Å². The van der Waals surface area contributed by atoms with Crippen LogP contribution in [0.25, 0.3) is 0 Å². The summed E-state index contributed by atoms with van der Waals surface area (Å²) in [6.45, 7) is 2.43. The van der Waals surface area contributed by atoms with E-state index in [9.17, 15) is 4.79 Å². The molecule has 1 aliphatic rings. The van der Waals surface area contributed by atoms with E-state index in [-0.39, 0.29) is 5.91 Å². The van der Waals surface area contributed by atoms with Crippen LogP contribution in [0.15, 0.2) is 5.38 Å². The van der Waals surface area contributed by atoms with Crippen LogP contribution in [0.5, 0.6) is 0 Å². The van der Waals surface area contributed by atoms with Crippen LogP contribution in [-0.4, -0.2) is 16.4 Å². The average Bonchev–Trinajstić information content (AvgIpc) is 2.76. The van der Waals surface area contributed by atoms with E-state index in [4.69, 9.17) is 5.73 Å². The van der Waals surface area contributed by atoms with Crippen molar-refractivity contribution in [1.29, 1.82) is 0 Å². The number of amides is 1. The first-order valence-electron chi connectivity index (χ1n) is 4.58. The van der Waals surface area contributed by atoms with Gasteiger partial charge in [-0.05, 0) is 19.8 Å². The molecule has 1 heterocycles. The van der Waals surface area contributed by atoms with Crippen LogP contribution in [0.3, 0.4) is 0 Å². The Morgan fingerprint density at radius 1 is 1.79 bits per heavy atom. The van der Waals surface area contributed by atoms with Crippen LogP contribution in [0.4, 0.5) is 0 Å². The van der Waals surface area contributed by atoms with Gasteiger partial charge in [0.25, 0.3) is 0 Å². The van der Waals surface area contributed by atoms with Crippen LogP contribution >= 0.6 is 11.3 Å². The van der Waals surface area contributed by atoms with Gasteiger partial charge in [0.1, 0.15) is 0 Å². The van der Waals surface area contributed by atoms with Crippen molar-refractivity contribution in [2.75, 3.05) is 0 Å². The quantitative estimate of drug-likeness (QED) is 0.767. The number of aryl methyl sites for hydroxylation is 1. The highest BCUT2D eigenvalue weighted by Gasteiger charge is 2.45. The van der Waals surface area contributed by atoms with Crippen molar-refractivity contribution in [3.05, 3.63) is 16.1 Å². The first kappa shape index (κ1) is 9.61. The lowest BCUT2D eigenvalue weighted by atomic mass is 10.3. The summed E-state index contributed by atoms with van der Waals surface area (Å²) in [4.78, 5) is 15.7. The summed E-state index contributed by atoms with van der Waals surface area (Å²) in [5.41, 5.74) is 6.06. The summed E-state index contributed by atoms with van der Waals surface area (Å²) < 4.78 is 0. The van der Waals surface area contributed by atoms with Crippen LogP contribution < -0.4 is 11.1 Å². The summed E-state index contributed by atoms with van der Waals surface area (Å²) in [5.74, 6) is -0.0526. The zero-order valence-electron chi connectivity index (χ0n) is 8.04. The molecule has 0 aliphatic heterocycles. The van der Waals surface area contributed by atoms with E-state index < -0.39 is 5.54 Å². The van der Waals surface area contributed by atoms with Gasteiger partial charge in [-0.3, -0.25) is 4.79 Å². The first-order valence-corrected chi connectivity index (χ1v) is 5.46. The minimum Gasteiger partial charge on any atom is -0.349 e. The summed E-state index contributed by atoms with van der Waals surface area (Å²) in [6, 6.07) is 0. The first-order chi connectivity index (χ1) is 6.60. The maximum absolute atomic E-state index is 11.4. The molecule has 0 spiro atoms. The molecule has 3 N–H and O–H groups in total. The normalized spacial score (nSPS) is 17.9. The fourth-order valence-corrected chi connectivity index (χ4v) is 1.81. The highest BCUT2D eigenvalue weighted by Crippen LogP contribution is 2.32. The molecular weight excluding hydrogens is 198 g/mol. The number of aromatic nitrogens is 1. The largest absolute Gasteiger partial charge is 0.349 e. The van der Waals surface area contributed by atoms with E-state index in [0.717, 1.165) is 23.5 Å². The van der Waals surface area contributed by atoms with Crippen molar-refractivity contribution in [2.24, 2.45) is 5.73 Å². The van der Waals surface area contributed by atoms with E-state index in [2.05, 4.69) is 10.3 Å². The Bertz CT molecular complexity index is 357. The Morgan fingerprint density at radius 2 is 2.50 bits per heavy atom. The maximum atomic E-state index is 11.4. The molecule has 1 fully saturated rings. The Morgan fingerprint density at radius 3 is 3.00 bits per heavy atom. The van der Waals surface area contributed by atoms with Gasteiger partial charge in [-0.2, -0.15) is 0 Å². The minimum atomic E-state index is -0.578. The Hall–Kier alpha value is -0.940. The summed E-state index contributed by atoms with van der Waals surface area (Å²) in [5, 5.41) is 5.76. The smallest absolute Gasteiger partial charge is 0.240 e. The van der Waals surface area contributed by atoms with Gasteiger partial charge in [0.05, 0.1) is 22.8 Å². The highest BCUT2D eigenvalue weighted by molar-refractivity contribution is 7.09. The number of nitrogens with two attached hydrogens (primary N) is 1. The zero-order chi connectivity index (χ0) is 10.2. The summed E-state index contributed by atoms with van der Waals surface area (Å²) >= 11 is 1.59. The lowest BCUT2D eigenvalue weighted by Crippen LogP contribution is -2.42. The van der Waals surface area contributed by atoms with Crippen molar-refractivity contribution in [2.45, 2.75) is 31.8 Å². The third kappa shape index (κ3) is 1.93. The molecule has 0 bridgehead atoms. The average molecular weight is 211 g/mol. The monoisotopic (exact) mass is 211 g/mol. The molecule has 0 saturated heterocycles. The number of carbonyl (C=O) groups excluding carboxylic acids is 1. The number of thiazole rings is 1. The lowest BCUT2D eigenvalue weighted by Gasteiger charge is -2.08. The highest BCUT2D eigenvalue weighted by atomic mass is 32.1. The Balaban J connectivity index is 1.85. The summed E-state index contributed by atoms with van der Waals surface area (Å²) in [7, 11) is 0. The predicted octanol–water partition coefficient (Wildman–Crippen LogP) is 0.559. The molecular formula is C9H13N3OS. The van der Waals surface area contributed by atoms with Crippen molar-refractivity contribution in [1.82, 2.24) is 10.3 Å². The second-order valence-corrected chi connectivity index (χ2v) is 4.76. The fourth-order valence-electron chi connectivity index (χ4n) is 1.20. The van der Waals surface area contributed by atoms with Crippen molar-refractivity contribution < 1.29 is 4.79 Å². The standard InChI is InChI=1S/C9H13N3OS/c1-6-12-7(5-14-6)4-11-8(13)9(10)2-3-9/h5H,2-4,10H2,1H3,(H,11,13). The van der Waals surface area contributed by atoms with Crippen LogP contribution in [-0.2, 0) is 11.3 Å². The van der Waals surface area contributed by atoms with Crippen molar-refractivity contribution in [3.63, 3.8) is 0 Å². The minimum absolute atomic E-state index is 0.0526. The third-order valence-electron chi connectivity index (χ3n) is 2.34. The van der Waals surface area contributed by atoms with E-state index >= 15 is 0 Å². The van der Waals surface area contributed by atoms with Crippen LogP contribution in [0.2, 0.25) is 0 Å². The van der Waals surface area contributed by atoms with Gasteiger partial charge < -0.3 is 11.1 Å². The van der Waals surface area contributed by atoms with E-state index in [1.165, 1.54) is 0 Å². The van der Waals surface area contributed by atoms with Gasteiger partial charge in [-0.1, -0.05) is 0 Å². The molecule has 2 rings (SSSR count). The van der Waals surface area contributed by atoms with Gasteiger partial charge in [0, 0.05) is 5.38 Å². The molecule has 1 aromatic rings. The number of rotatable bonds is 3. The van der Waals surface area contributed by atoms with Crippen molar-refractivity contribution >= 4 is 17.2 Å².